The molecule has 2 atom stereocenters. The summed E-state index contributed by atoms with van der Waals surface area (Å²) in [5.74, 6) is 0. The van der Waals surface area contributed by atoms with Crippen molar-refractivity contribution >= 4 is 6.03 Å². The first-order valence-corrected chi connectivity index (χ1v) is 7.93. The lowest BCUT2D eigenvalue weighted by Crippen LogP contribution is -2.49. The minimum atomic E-state index is -0.244. The zero-order valence-electron chi connectivity index (χ0n) is 13.7. The molecule has 1 aromatic rings. The first-order chi connectivity index (χ1) is 10.5. The van der Waals surface area contributed by atoms with Crippen molar-refractivity contribution in [2.75, 3.05) is 33.8 Å². The summed E-state index contributed by atoms with van der Waals surface area (Å²) in [6, 6.07) is 7.84. The molecular formula is C17H27N3O2. The van der Waals surface area contributed by atoms with E-state index in [4.69, 9.17) is 0 Å². The molecule has 0 spiro atoms. The number of nitrogens with one attached hydrogen (secondary N) is 1. The molecular weight excluding hydrogens is 278 g/mol. The van der Waals surface area contributed by atoms with E-state index in [1.54, 1.807) is 4.90 Å². The average molecular weight is 305 g/mol. The van der Waals surface area contributed by atoms with Crippen molar-refractivity contribution in [2.24, 2.45) is 0 Å². The Morgan fingerprint density at radius 3 is 2.86 bits per heavy atom. The van der Waals surface area contributed by atoms with Crippen LogP contribution in [0.25, 0.3) is 0 Å². The molecule has 0 aromatic heterocycles. The fourth-order valence-electron chi connectivity index (χ4n) is 2.91. The van der Waals surface area contributed by atoms with E-state index in [1.165, 1.54) is 5.56 Å². The molecule has 0 radical (unpaired) electrons. The molecule has 22 heavy (non-hydrogen) atoms. The Morgan fingerprint density at radius 1 is 1.45 bits per heavy atom. The third-order valence-electron chi connectivity index (χ3n) is 4.23. The van der Waals surface area contributed by atoms with Crippen LogP contribution < -0.4 is 5.32 Å². The Labute approximate surface area is 132 Å². The highest BCUT2D eigenvalue weighted by Gasteiger charge is 2.30. The molecule has 2 rings (SSSR count). The highest BCUT2D eigenvalue weighted by atomic mass is 16.3. The van der Waals surface area contributed by atoms with Gasteiger partial charge in [0, 0.05) is 12.6 Å². The number of rotatable bonds is 5. The number of hydrogen-bond acceptors (Lipinski definition) is 3. The van der Waals surface area contributed by atoms with Gasteiger partial charge in [0.15, 0.2) is 0 Å². The third-order valence-corrected chi connectivity index (χ3v) is 4.23. The van der Waals surface area contributed by atoms with Crippen molar-refractivity contribution in [2.45, 2.75) is 31.8 Å². The van der Waals surface area contributed by atoms with Gasteiger partial charge in [-0.1, -0.05) is 24.3 Å². The van der Waals surface area contributed by atoms with E-state index in [2.05, 4.69) is 16.3 Å². The molecule has 5 heteroatoms. The number of urea groups is 1. The monoisotopic (exact) mass is 305 g/mol. The molecule has 1 aliphatic rings. The van der Waals surface area contributed by atoms with Crippen molar-refractivity contribution in [1.82, 2.24) is 15.1 Å². The van der Waals surface area contributed by atoms with Crippen molar-refractivity contribution in [3.8, 4) is 0 Å². The number of fused-ring (bicyclic) bond motifs is 1. The summed E-state index contributed by atoms with van der Waals surface area (Å²) in [5.41, 5.74) is 2.29. The van der Waals surface area contributed by atoms with E-state index < -0.39 is 0 Å². The number of hydrogen-bond donors (Lipinski definition) is 2. The second-order valence-corrected chi connectivity index (χ2v) is 6.28. The van der Waals surface area contributed by atoms with Gasteiger partial charge < -0.3 is 20.2 Å². The zero-order valence-corrected chi connectivity index (χ0v) is 13.7. The van der Waals surface area contributed by atoms with E-state index in [0.29, 0.717) is 6.54 Å². The third kappa shape index (κ3) is 3.99. The molecule has 1 heterocycles. The Morgan fingerprint density at radius 2 is 2.18 bits per heavy atom. The maximum absolute atomic E-state index is 12.5. The van der Waals surface area contributed by atoms with Gasteiger partial charge in [-0.3, -0.25) is 0 Å². The lowest BCUT2D eigenvalue weighted by Gasteiger charge is -2.37. The summed E-state index contributed by atoms with van der Waals surface area (Å²) in [6.07, 6.45) is 1.75. The van der Waals surface area contributed by atoms with E-state index >= 15 is 0 Å². The van der Waals surface area contributed by atoms with Gasteiger partial charge in [0.2, 0.25) is 0 Å². The van der Waals surface area contributed by atoms with E-state index in [-0.39, 0.29) is 24.7 Å². The second kappa shape index (κ2) is 7.61. The van der Waals surface area contributed by atoms with Crippen molar-refractivity contribution in [1.29, 1.82) is 0 Å². The molecule has 2 unspecified atom stereocenters. The Hall–Kier alpha value is -1.59. The van der Waals surface area contributed by atoms with Gasteiger partial charge in [-0.15, -0.1) is 0 Å². The van der Waals surface area contributed by atoms with Gasteiger partial charge in [-0.05, 0) is 51.5 Å². The topological polar surface area (TPSA) is 55.8 Å². The van der Waals surface area contributed by atoms with Gasteiger partial charge in [-0.25, -0.2) is 4.79 Å². The van der Waals surface area contributed by atoms with E-state index in [1.807, 2.05) is 39.2 Å². The van der Waals surface area contributed by atoms with Gasteiger partial charge in [0.05, 0.1) is 12.6 Å². The standard InChI is InChI=1S/C17H27N3O2/c1-13(8-10-19(2)3)18-17(22)20-11-9-14-6-4-5-7-15(14)16(20)12-21/h4-7,13,16,21H,8-12H2,1-3H3,(H,18,22). The first-order valence-electron chi connectivity index (χ1n) is 7.93. The smallest absolute Gasteiger partial charge is 0.318 e. The summed E-state index contributed by atoms with van der Waals surface area (Å²) in [6.45, 7) is 3.56. The lowest BCUT2D eigenvalue weighted by atomic mass is 9.93. The van der Waals surface area contributed by atoms with Crippen LogP contribution in [0.3, 0.4) is 0 Å². The van der Waals surface area contributed by atoms with Gasteiger partial charge in [0.25, 0.3) is 0 Å². The average Bonchev–Trinajstić information content (AvgIpc) is 2.51. The SMILES string of the molecule is CC(CCN(C)C)NC(=O)N1CCc2ccccc2C1CO. The normalized spacial score (nSPS) is 19.0. The highest BCUT2D eigenvalue weighted by Crippen LogP contribution is 2.29. The Kier molecular flexibility index (Phi) is 5.80. The quantitative estimate of drug-likeness (QED) is 0.869. The van der Waals surface area contributed by atoms with Crippen LogP contribution in [0.4, 0.5) is 4.79 Å². The van der Waals surface area contributed by atoms with Crippen LogP contribution in [0.2, 0.25) is 0 Å². The molecule has 1 aromatic carbocycles. The molecule has 0 saturated carbocycles. The molecule has 0 bridgehead atoms. The zero-order chi connectivity index (χ0) is 16.1. The van der Waals surface area contributed by atoms with Crippen LogP contribution in [0.5, 0.6) is 0 Å². The van der Waals surface area contributed by atoms with Crippen LogP contribution in [0.1, 0.15) is 30.5 Å². The Bertz CT molecular complexity index is 504. The first kappa shape index (κ1) is 16.8. The van der Waals surface area contributed by atoms with Crippen LogP contribution >= 0.6 is 0 Å². The fraction of sp³-hybridized carbons (Fsp3) is 0.588. The number of carbonyl (C=O) groups excluding carboxylic acids is 1. The van der Waals surface area contributed by atoms with Gasteiger partial charge in [-0.2, -0.15) is 0 Å². The fourth-order valence-corrected chi connectivity index (χ4v) is 2.91. The molecule has 5 nitrogen and oxygen atoms in total. The van der Waals surface area contributed by atoms with Gasteiger partial charge >= 0.3 is 6.03 Å². The summed E-state index contributed by atoms with van der Waals surface area (Å²) in [5, 5.41) is 12.8. The summed E-state index contributed by atoms with van der Waals surface area (Å²) in [7, 11) is 4.05. The van der Waals surface area contributed by atoms with Gasteiger partial charge in [0.1, 0.15) is 0 Å². The van der Waals surface area contributed by atoms with Crippen molar-refractivity contribution < 1.29 is 9.90 Å². The highest BCUT2D eigenvalue weighted by molar-refractivity contribution is 5.75. The molecule has 0 fully saturated rings. The number of aliphatic hydroxyl groups excluding tert-OH is 1. The second-order valence-electron chi connectivity index (χ2n) is 6.28. The number of nitrogens with zero attached hydrogens (tertiary/aromatic N) is 2. The Balaban J connectivity index is 2.01. The van der Waals surface area contributed by atoms with E-state index in [0.717, 1.165) is 24.9 Å². The van der Waals surface area contributed by atoms with Crippen LogP contribution in [-0.4, -0.2) is 60.8 Å². The van der Waals surface area contributed by atoms with Crippen molar-refractivity contribution in [3.63, 3.8) is 0 Å². The number of carbonyl (C=O) groups is 1. The summed E-state index contributed by atoms with van der Waals surface area (Å²) < 4.78 is 0. The van der Waals surface area contributed by atoms with Crippen LogP contribution in [0, 0.1) is 0 Å². The van der Waals surface area contributed by atoms with Crippen molar-refractivity contribution in [3.05, 3.63) is 35.4 Å². The lowest BCUT2D eigenvalue weighted by molar-refractivity contribution is 0.124. The predicted octanol–water partition coefficient (Wildman–Crippen LogP) is 1.63. The summed E-state index contributed by atoms with van der Waals surface area (Å²) in [4.78, 5) is 16.4. The number of benzene rings is 1. The molecule has 122 valence electrons. The van der Waals surface area contributed by atoms with E-state index in [9.17, 15) is 9.90 Å². The largest absolute Gasteiger partial charge is 0.394 e. The number of amides is 2. The number of aliphatic hydroxyl groups is 1. The molecule has 0 saturated heterocycles. The molecule has 2 N–H and O–H groups in total. The molecule has 2 amide bonds. The minimum Gasteiger partial charge on any atom is -0.394 e. The maximum Gasteiger partial charge on any atom is 0.318 e. The maximum atomic E-state index is 12.5. The predicted molar refractivity (Wildman–Crippen MR) is 87.8 cm³/mol. The van der Waals surface area contributed by atoms with Crippen LogP contribution in [0.15, 0.2) is 24.3 Å². The minimum absolute atomic E-state index is 0.0451. The molecule has 1 aliphatic heterocycles. The summed E-state index contributed by atoms with van der Waals surface area (Å²) >= 11 is 0. The molecule has 0 aliphatic carbocycles. The van der Waals surface area contributed by atoms with Crippen LogP contribution in [-0.2, 0) is 6.42 Å².